The molecule has 0 bridgehead atoms. The maximum Gasteiger partial charge on any atom is 0.335 e. The Morgan fingerprint density at radius 1 is 1.22 bits per heavy atom. The molecule has 0 saturated heterocycles. The summed E-state index contributed by atoms with van der Waals surface area (Å²) >= 11 is 11.9. The zero-order chi connectivity index (χ0) is 13.5. The SMILES string of the molecule is CCCCCCOc1c(Cl)cc(C(=O)O)cc1Cl. The predicted molar refractivity (Wildman–Crippen MR) is 73.1 cm³/mol. The Morgan fingerprint density at radius 3 is 2.33 bits per heavy atom. The van der Waals surface area contributed by atoms with Gasteiger partial charge in [-0.05, 0) is 18.6 Å². The van der Waals surface area contributed by atoms with E-state index in [0.29, 0.717) is 12.4 Å². The zero-order valence-electron chi connectivity index (χ0n) is 10.2. The lowest BCUT2D eigenvalue weighted by Gasteiger charge is -2.10. The third-order valence-electron chi connectivity index (χ3n) is 2.49. The van der Waals surface area contributed by atoms with Gasteiger partial charge in [0, 0.05) is 0 Å². The number of ether oxygens (including phenoxy) is 1. The molecule has 0 saturated carbocycles. The van der Waals surface area contributed by atoms with Crippen LogP contribution in [0.4, 0.5) is 0 Å². The lowest BCUT2D eigenvalue weighted by molar-refractivity contribution is 0.0697. The van der Waals surface area contributed by atoms with E-state index in [9.17, 15) is 4.79 Å². The van der Waals surface area contributed by atoms with E-state index in [1.165, 1.54) is 18.6 Å². The fraction of sp³-hybridized carbons (Fsp3) is 0.462. The number of unbranched alkanes of at least 4 members (excludes halogenated alkanes) is 3. The largest absolute Gasteiger partial charge is 0.490 e. The Balaban J connectivity index is 2.63. The van der Waals surface area contributed by atoms with E-state index in [-0.39, 0.29) is 15.6 Å². The molecule has 3 nitrogen and oxygen atoms in total. The molecule has 0 fully saturated rings. The molecule has 0 atom stereocenters. The van der Waals surface area contributed by atoms with E-state index in [4.69, 9.17) is 33.0 Å². The number of benzene rings is 1. The molecule has 1 rings (SSSR count). The topological polar surface area (TPSA) is 46.5 Å². The maximum atomic E-state index is 10.8. The lowest BCUT2D eigenvalue weighted by Crippen LogP contribution is -2.01. The average Bonchev–Trinajstić information content (AvgIpc) is 2.31. The van der Waals surface area contributed by atoms with Gasteiger partial charge in [-0.15, -0.1) is 0 Å². The molecule has 0 aliphatic carbocycles. The van der Waals surface area contributed by atoms with E-state index in [1.54, 1.807) is 0 Å². The molecule has 0 aliphatic rings. The number of rotatable bonds is 7. The summed E-state index contributed by atoms with van der Waals surface area (Å²) in [6.07, 6.45) is 4.36. The molecule has 0 heterocycles. The quantitative estimate of drug-likeness (QED) is 0.744. The van der Waals surface area contributed by atoms with Gasteiger partial charge in [0.05, 0.1) is 22.2 Å². The summed E-state index contributed by atoms with van der Waals surface area (Å²) in [6, 6.07) is 2.69. The number of hydrogen-bond donors (Lipinski definition) is 1. The Kier molecular flexibility index (Phi) is 6.30. The fourth-order valence-corrected chi connectivity index (χ4v) is 2.12. The number of aromatic carboxylic acids is 1. The summed E-state index contributed by atoms with van der Waals surface area (Å²) in [4.78, 5) is 10.8. The first-order valence-electron chi connectivity index (χ1n) is 5.91. The molecule has 1 N–H and O–H groups in total. The van der Waals surface area contributed by atoms with Gasteiger partial charge in [-0.2, -0.15) is 0 Å². The van der Waals surface area contributed by atoms with Crippen LogP contribution >= 0.6 is 23.2 Å². The zero-order valence-corrected chi connectivity index (χ0v) is 11.7. The summed E-state index contributed by atoms with van der Waals surface area (Å²) in [7, 11) is 0. The molecule has 0 aliphatic heterocycles. The highest BCUT2D eigenvalue weighted by Crippen LogP contribution is 2.34. The first-order valence-corrected chi connectivity index (χ1v) is 6.67. The van der Waals surface area contributed by atoms with Crippen molar-refractivity contribution in [1.29, 1.82) is 0 Å². The molecule has 0 spiro atoms. The number of carboxylic acids is 1. The highest BCUT2D eigenvalue weighted by molar-refractivity contribution is 6.37. The van der Waals surface area contributed by atoms with Crippen molar-refractivity contribution in [1.82, 2.24) is 0 Å². The van der Waals surface area contributed by atoms with Crippen molar-refractivity contribution in [3.8, 4) is 5.75 Å². The smallest absolute Gasteiger partial charge is 0.335 e. The molecule has 0 unspecified atom stereocenters. The van der Waals surface area contributed by atoms with Gasteiger partial charge in [-0.1, -0.05) is 49.4 Å². The maximum absolute atomic E-state index is 10.8. The third-order valence-corrected chi connectivity index (χ3v) is 3.05. The second-order valence-electron chi connectivity index (χ2n) is 3.98. The van der Waals surface area contributed by atoms with E-state index in [0.717, 1.165) is 19.3 Å². The van der Waals surface area contributed by atoms with Gasteiger partial charge in [-0.25, -0.2) is 4.79 Å². The first kappa shape index (κ1) is 15.1. The van der Waals surface area contributed by atoms with E-state index >= 15 is 0 Å². The lowest BCUT2D eigenvalue weighted by atomic mass is 10.2. The molecule has 1 aromatic rings. The fourth-order valence-electron chi connectivity index (χ4n) is 1.52. The van der Waals surface area contributed by atoms with Crippen LogP contribution in [0.3, 0.4) is 0 Å². The highest BCUT2D eigenvalue weighted by Gasteiger charge is 2.13. The minimum atomic E-state index is -1.06. The Bertz CT molecular complexity index is 396. The number of carbonyl (C=O) groups is 1. The average molecular weight is 291 g/mol. The van der Waals surface area contributed by atoms with Crippen LogP contribution in [0.25, 0.3) is 0 Å². The third kappa shape index (κ3) is 4.39. The molecular formula is C13H16Cl2O3. The Hall–Kier alpha value is -0.930. The summed E-state index contributed by atoms with van der Waals surface area (Å²) in [5, 5.41) is 9.30. The summed E-state index contributed by atoms with van der Waals surface area (Å²) < 4.78 is 5.49. The van der Waals surface area contributed by atoms with Crippen molar-refractivity contribution in [3.63, 3.8) is 0 Å². The van der Waals surface area contributed by atoms with Crippen LogP contribution in [0, 0.1) is 0 Å². The molecular weight excluding hydrogens is 275 g/mol. The molecule has 0 radical (unpaired) electrons. The van der Waals surface area contributed by atoms with Gasteiger partial charge in [0.25, 0.3) is 0 Å². The molecule has 0 amide bonds. The first-order chi connectivity index (χ1) is 8.56. The van der Waals surface area contributed by atoms with E-state index in [2.05, 4.69) is 6.92 Å². The van der Waals surface area contributed by atoms with Crippen molar-refractivity contribution < 1.29 is 14.6 Å². The molecule has 100 valence electrons. The van der Waals surface area contributed by atoms with E-state index < -0.39 is 5.97 Å². The van der Waals surface area contributed by atoms with Crippen LogP contribution in [0.1, 0.15) is 43.0 Å². The summed E-state index contributed by atoms with van der Waals surface area (Å²) in [5.74, 6) is -0.701. The number of hydrogen-bond acceptors (Lipinski definition) is 2. The van der Waals surface area contributed by atoms with Crippen molar-refractivity contribution in [2.24, 2.45) is 0 Å². The second kappa shape index (κ2) is 7.49. The minimum Gasteiger partial charge on any atom is -0.490 e. The molecule has 0 aromatic heterocycles. The molecule has 18 heavy (non-hydrogen) atoms. The number of halogens is 2. The van der Waals surface area contributed by atoms with Crippen LogP contribution < -0.4 is 4.74 Å². The van der Waals surface area contributed by atoms with Gasteiger partial charge < -0.3 is 9.84 Å². The van der Waals surface area contributed by atoms with Crippen LogP contribution in [0.15, 0.2) is 12.1 Å². The Labute approximate surface area is 117 Å². The summed E-state index contributed by atoms with van der Waals surface area (Å²) in [6.45, 7) is 2.67. The van der Waals surface area contributed by atoms with Crippen LogP contribution in [-0.2, 0) is 0 Å². The van der Waals surface area contributed by atoms with Gasteiger partial charge >= 0.3 is 5.97 Å². The van der Waals surface area contributed by atoms with E-state index in [1.807, 2.05) is 0 Å². The highest BCUT2D eigenvalue weighted by atomic mass is 35.5. The Morgan fingerprint density at radius 2 is 1.83 bits per heavy atom. The van der Waals surface area contributed by atoms with Crippen molar-refractivity contribution in [2.45, 2.75) is 32.6 Å². The van der Waals surface area contributed by atoms with Gasteiger partial charge in [0.15, 0.2) is 5.75 Å². The van der Waals surface area contributed by atoms with Crippen molar-refractivity contribution >= 4 is 29.2 Å². The molecule has 1 aromatic carbocycles. The minimum absolute atomic E-state index is 0.0586. The number of carboxylic acid groups (broad SMARTS) is 1. The second-order valence-corrected chi connectivity index (χ2v) is 4.80. The predicted octanol–water partition coefficient (Wildman–Crippen LogP) is 4.65. The van der Waals surface area contributed by atoms with Crippen LogP contribution in [0.2, 0.25) is 10.0 Å². The van der Waals surface area contributed by atoms with Crippen molar-refractivity contribution in [3.05, 3.63) is 27.7 Å². The van der Waals surface area contributed by atoms with Gasteiger partial charge in [0.1, 0.15) is 0 Å². The van der Waals surface area contributed by atoms with Crippen LogP contribution in [-0.4, -0.2) is 17.7 Å². The van der Waals surface area contributed by atoms with Crippen molar-refractivity contribution in [2.75, 3.05) is 6.61 Å². The normalized spacial score (nSPS) is 10.4. The summed E-state index contributed by atoms with van der Waals surface area (Å²) in [5.41, 5.74) is 0.0586. The standard InChI is InChI=1S/C13H16Cl2O3/c1-2-3-4-5-6-18-12-10(14)7-9(13(16)17)8-11(12)15/h7-8H,2-6H2,1H3,(H,16,17). The molecule has 5 heteroatoms. The van der Waals surface area contributed by atoms with Gasteiger partial charge in [0.2, 0.25) is 0 Å². The van der Waals surface area contributed by atoms with Gasteiger partial charge in [-0.3, -0.25) is 0 Å². The van der Waals surface area contributed by atoms with Crippen LogP contribution in [0.5, 0.6) is 5.75 Å². The monoisotopic (exact) mass is 290 g/mol.